The summed E-state index contributed by atoms with van der Waals surface area (Å²) in [5.74, 6) is -0.299. The summed E-state index contributed by atoms with van der Waals surface area (Å²) < 4.78 is 6.75. The second-order valence-corrected chi connectivity index (χ2v) is 4.65. The van der Waals surface area contributed by atoms with Crippen LogP contribution in [-0.2, 0) is 10.2 Å². The number of carboxylic acids is 1. The molecule has 0 bridgehead atoms. The molecule has 2 rings (SSSR count). The molecule has 1 heterocycles. The lowest BCUT2D eigenvalue weighted by molar-refractivity contribution is -0.142. The van der Waals surface area contributed by atoms with Gasteiger partial charge in [-0.2, -0.15) is 0 Å². The number of aliphatic carboxylic acids is 1. The van der Waals surface area contributed by atoms with Crippen LogP contribution < -0.4 is 4.74 Å². The summed E-state index contributed by atoms with van der Waals surface area (Å²) in [5.41, 5.74) is 0.0242. The number of benzene rings is 1. The molecular formula is C13H15N3O3. The Morgan fingerprint density at radius 1 is 1.37 bits per heavy atom. The minimum Gasteiger partial charge on any atom is -0.494 e. The van der Waals surface area contributed by atoms with Crippen LogP contribution in [0.1, 0.15) is 19.5 Å². The molecule has 0 spiro atoms. The van der Waals surface area contributed by atoms with Crippen molar-refractivity contribution in [2.24, 2.45) is 0 Å². The number of carbonyl (C=O) groups is 1. The van der Waals surface area contributed by atoms with Gasteiger partial charge in [-0.25, -0.2) is 4.68 Å². The molecule has 0 aliphatic carbocycles. The molecule has 100 valence electrons. The van der Waals surface area contributed by atoms with Crippen molar-refractivity contribution in [3.63, 3.8) is 0 Å². The van der Waals surface area contributed by atoms with Gasteiger partial charge in [0.05, 0.1) is 19.0 Å². The van der Waals surface area contributed by atoms with E-state index in [1.54, 1.807) is 33.2 Å². The molecule has 1 aromatic heterocycles. The van der Waals surface area contributed by atoms with E-state index in [9.17, 15) is 9.90 Å². The van der Waals surface area contributed by atoms with Gasteiger partial charge >= 0.3 is 5.97 Å². The maximum Gasteiger partial charge on any atom is 0.315 e. The van der Waals surface area contributed by atoms with E-state index in [4.69, 9.17) is 4.74 Å². The van der Waals surface area contributed by atoms with Gasteiger partial charge in [0.15, 0.2) is 0 Å². The van der Waals surface area contributed by atoms with E-state index in [1.807, 2.05) is 18.2 Å². The standard InChI is InChI=1S/C13H15N3O3/c1-13(2,12(17)18)11-8-16(15-14-11)9-6-4-5-7-10(9)19-3/h4-8H,1-3H3,(H,17,18). The Hall–Kier alpha value is -2.37. The highest BCUT2D eigenvalue weighted by atomic mass is 16.5. The van der Waals surface area contributed by atoms with Gasteiger partial charge in [0, 0.05) is 0 Å². The zero-order valence-electron chi connectivity index (χ0n) is 11.0. The highest BCUT2D eigenvalue weighted by molar-refractivity contribution is 5.79. The van der Waals surface area contributed by atoms with Crippen LogP contribution in [0.25, 0.3) is 5.69 Å². The van der Waals surface area contributed by atoms with Gasteiger partial charge in [0.25, 0.3) is 0 Å². The van der Waals surface area contributed by atoms with Crippen LogP contribution in [0.15, 0.2) is 30.5 Å². The molecule has 0 saturated heterocycles. The molecule has 0 aliphatic rings. The van der Waals surface area contributed by atoms with Gasteiger partial charge in [-0.1, -0.05) is 17.3 Å². The minimum atomic E-state index is -1.08. The van der Waals surface area contributed by atoms with E-state index in [1.165, 1.54) is 4.68 Å². The average Bonchev–Trinajstić information content (AvgIpc) is 2.88. The second kappa shape index (κ2) is 4.72. The van der Waals surface area contributed by atoms with Crippen LogP contribution in [0.3, 0.4) is 0 Å². The molecule has 0 aliphatic heterocycles. The molecule has 0 unspecified atom stereocenters. The number of rotatable bonds is 4. The highest BCUT2D eigenvalue weighted by Gasteiger charge is 2.32. The maximum atomic E-state index is 11.2. The first-order valence-corrected chi connectivity index (χ1v) is 5.76. The number of nitrogens with zero attached hydrogens (tertiary/aromatic N) is 3. The van der Waals surface area contributed by atoms with Crippen molar-refractivity contribution >= 4 is 5.97 Å². The van der Waals surface area contributed by atoms with Gasteiger partial charge < -0.3 is 9.84 Å². The Morgan fingerprint density at radius 2 is 2.05 bits per heavy atom. The van der Waals surface area contributed by atoms with E-state index in [-0.39, 0.29) is 0 Å². The first-order valence-electron chi connectivity index (χ1n) is 5.76. The molecule has 1 aromatic carbocycles. The number of ether oxygens (including phenoxy) is 1. The molecule has 0 amide bonds. The van der Waals surface area contributed by atoms with E-state index in [2.05, 4.69) is 10.3 Å². The quantitative estimate of drug-likeness (QED) is 0.905. The van der Waals surface area contributed by atoms with Crippen molar-refractivity contribution in [1.29, 1.82) is 0 Å². The van der Waals surface area contributed by atoms with Gasteiger partial charge in [-0.15, -0.1) is 5.10 Å². The molecule has 0 fully saturated rings. The van der Waals surface area contributed by atoms with E-state index >= 15 is 0 Å². The Labute approximate surface area is 110 Å². The summed E-state index contributed by atoms with van der Waals surface area (Å²) in [5, 5.41) is 17.1. The number of methoxy groups -OCH3 is 1. The summed E-state index contributed by atoms with van der Waals surface area (Å²) in [6, 6.07) is 7.33. The van der Waals surface area contributed by atoms with Crippen LogP contribution in [0.4, 0.5) is 0 Å². The number of para-hydroxylation sites is 2. The molecule has 0 radical (unpaired) electrons. The number of carboxylic acid groups (broad SMARTS) is 1. The van der Waals surface area contributed by atoms with Crippen molar-refractivity contribution in [3.05, 3.63) is 36.2 Å². The van der Waals surface area contributed by atoms with Crippen molar-refractivity contribution in [1.82, 2.24) is 15.0 Å². The molecule has 19 heavy (non-hydrogen) atoms. The average molecular weight is 261 g/mol. The fourth-order valence-electron chi connectivity index (χ4n) is 1.60. The summed E-state index contributed by atoms with van der Waals surface area (Å²) in [6.45, 7) is 3.18. The summed E-state index contributed by atoms with van der Waals surface area (Å²) >= 11 is 0. The van der Waals surface area contributed by atoms with Crippen LogP contribution >= 0.6 is 0 Å². The summed E-state index contributed by atoms with van der Waals surface area (Å²) in [4.78, 5) is 11.2. The molecule has 2 aromatic rings. The zero-order valence-corrected chi connectivity index (χ0v) is 11.0. The third-order valence-electron chi connectivity index (χ3n) is 3.00. The zero-order chi connectivity index (χ0) is 14.0. The van der Waals surface area contributed by atoms with Gasteiger partial charge in [0.2, 0.25) is 0 Å². The largest absolute Gasteiger partial charge is 0.494 e. The predicted molar refractivity (Wildman–Crippen MR) is 68.6 cm³/mol. The first kappa shape index (κ1) is 13.1. The third kappa shape index (κ3) is 2.29. The number of aromatic nitrogens is 3. The van der Waals surface area contributed by atoms with Gasteiger partial charge in [-0.05, 0) is 26.0 Å². The normalized spacial score (nSPS) is 11.3. The highest BCUT2D eigenvalue weighted by Crippen LogP contribution is 2.25. The van der Waals surface area contributed by atoms with Crippen LogP contribution in [0, 0.1) is 0 Å². The summed E-state index contributed by atoms with van der Waals surface area (Å²) in [6.07, 6.45) is 1.60. The SMILES string of the molecule is COc1ccccc1-n1cc(C(C)(C)C(=O)O)nn1. The lowest BCUT2D eigenvalue weighted by Crippen LogP contribution is -2.28. The van der Waals surface area contributed by atoms with E-state index in [0.717, 1.165) is 0 Å². The predicted octanol–water partition coefficient (Wildman–Crippen LogP) is 1.64. The molecule has 1 N–H and O–H groups in total. The lowest BCUT2D eigenvalue weighted by atomic mass is 9.90. The van der Waals surface area contributed by atoms with Crippen molar-refractivity contribution in [2.75, 3.05) is 7.11 Å². The molecular weight excluding hydrogens is 246 g/mol. The fraction of sp³-hybridized carbons (Fsp3) is 0.308. The Kier molecular flexibility index (Phi) is 3.25. The first-order chi connectivity index (χ1) is 8.96. The molecule has 6 heteroatoms. The number of hydrogen-bond acceptors (Lipinski definition) is 4. The lowest BCUT2D eigenvalue weighted by Gasteiger charge is -2.14. The van der Waals surface area contributed by atoms with E-state index in [0.29, 0.717) is 17.1 Å². The second-order valence-electron chi connectivity index (χ2n) is 4.65. The smallest absolute Gasteiger partial charge is 0.315 e. The fourth-order valence-corrected chi connectivity index (χ4v) is 1.60. The van der Waals surface area contributed by atoms with Crippen LogP contribution in [0.5, 0.6) is 5.75 Å². The monoisotopic (exact) mass is 261 g/mol. The molecule has 0 saturated carbocycles. The van der Waals surface area contributed by atoms with Crippen molar-refractivity contribution in [2.45, 2.75) is 19.3 Å². The van der Waals surface area contributed by atoms with E-state index < -0.39 is 11.4 Å². The van der Waals surface area contributed by atoms with Crippen molar-refractivity contribution < 1.29 is 14.6 Å². The van der Waals surface area contributed by atoms with Gasteiger partial charge in [-0.3, -0.25) is 4.79 Å². The summed E-state index contributed by atoms with van der Waals surface area (Å²) in [7, 11) is 1.57. The topological polar surface area (TPSA) is 77.2 Å². The molecule has 6 nitrogen and oxygen atoms in total. The Bertz CT molecular complexity index is 605. The molecule has 0 atom stereocenters. The maximum absolute atomic E-state index is 11.2. The van der Waals surface area contributed by atoms with Crippen molar-refractivity contribution in [3.8, 4) is 11.4 Å². The number of hydrogen-bond donors (Lipinski definition) is 1. The van der Waals surface area contributed by atoms with Gasteiger partial charge in [0.1, 0.15) is 16.9 Å². The van der Waals surface area contributed by atoms with Crippen LogP contribution in [-0.4, -0.2) is 33.2 Å². The third-order valence-corrected chi connectivity index (χ3v) is 3.00. The minimum absolute atomic E-state index is 0.394. The Morgan fingerprint density at radius 3 is 2.68 bits per heavy atom. The Balaban J connectivity index is 2.44. The van der Waals surface area contributed by atoms with Crippen LogP contribution in [0.2, 0.25) is 0 Å².